The molecule has 2 heteroatoms. The van der Waals surface area contributed by atoms with E-state index in [2.05, 4.69) is 31.2 Å². The lowest BCUT2D eigenvalue weighted by Crippen LogP contribution is -2.20. The summed E-state index contributed by atoms with van der Waals surface area (Å²) >= 11 is 0. The van der Waals surface area contributed by atoms with Crippen molar-refractivity contribution in [2.45, 2.75) is 64.8 Å². The Kier molecular flexibility index (Phi) is 6.53. The summed E-state index contributed by atoms with van der Waals surface area (Å²) in [5.74, 6) is -0.412. The van der Waals surface area contributed by atoms with Crippen molar-refractivity contribution in [3.8, 4) is 0 Å². The van der Waals surface area contributed by atoms with Gasteiger partial charge in [0.25, 0.3) is 0 Å². The molecule has 17 heavy (non-hydrogen) atoms. The Morgan fingerprint density at radius 1 is 1.18 bits per heavy atom. The Labute approximate surface area is 106 Å². The molecule has 1 fully saturated rings. The van der Waals surface area contributed by atoms with Crippen molar-refractivity contribution in [2.75, 3.05) is 6.61 Å². The van der Waals surface area contributed by atoms with Gasteiger partial charge in [-0.05, 0) is 33.1 Å². The van der Waals surface area contributed by atoms with Crippen molar-refractivity contribution < 1.29 is 9.47 Å². The predicted octanol–water partition coefficient (Wildman–Crippen LogP) is 4.22. The molecule has 0 aliphatic carbocycles. The molecule has 1 aliphatic heterocycles. The van der Waals surface area contributed by atoms with E-state index in [1.54, 1.807) is 0 Å². The second-order valence-corrected chi connectivity index (χ2v) is 5.00. The second kappa shape index (κ2) is 7.67. The molecule has 0 aromatic heterocycles. The average molecular weight is 238 g/mol. The minimum atomic E-state index is -0.412. The second-order valence-electron chi connectivity index (χ2n) is 5.00. The molecular weight excluding hydrogens is 212 g/mol. The SMILES string of the molecule is CCCCC/C=C\C/C=C\[C@@H]1COC(C)(C)O1. The summed E-state index contributed by atoms with van der Waals surface area (Å²) < 4.78 is 11.2. The normalized spacial score (nSPS) is 24.1. The Hall–Kier alpha value is -0.600. The maximum absolute atomic E-state index is 5.68. The van der Waals surface area contributed by atoms with Crippen LogP contribution in [0.5, 0.6) is 0 Å². The fourth-order valence-electron chi connectivity index (χ4n) is 1.85. The van der Waals surface area contributed by atoms with E-state index in [-0.39, 0.29) is 6.10 Å². The van der Waals surface area contributed by atoms with E-state index in [1.807, 2.05) is 13.8 Å². The molecule has 0 saturated carbocycles. The van der Waals surface area contributed by atoms with E-state index in [4.69, 9.17) is 9.47 Å². The lowest BCUT2D eigenvalue weighted by Gasteiger charge is -2.15. The smallest absolute Gasteiger partial charge is 0.163 e. The highest BCUT2D eigenvalue weighted by Crippen LogP contribution is 2.22. The lowest BCUT2D eigenvalue weighted by molar-refractivity contribution is -0.133. The van der Waals surface area contributed by atoms with E-state index in [0.29, 0.717) is 6.61 Å². The molecule has 0 amide bonds. The maximum Gasteiger partial charge on any atom is 0.163 e. The van der Waals surface area contributed by atoms with Gasteiger partial charge in [-0.2, -0.15) is 0 Å². The summed E-state index contributed by atoms with van der Waals surface area (Å²) in [6.45, 7) is 6.81. The fraction of sp³-hybridized carbons (Fsp3) is 0.733. The third-order valence-electron chi connectivity index (χ3n) is 2.79. The van der Waals surface area contributed by atoms with Crippen LogP contribution in [0.25, 0.3) is 0 Å². The first-order valence-corrected chi connectivity index (χ1v) is 6.77. The van der Waals surface area contributed by atoms with Crippen LogP contribution >= 0.6 is 0 Å². The highest BCUT2D eigenvalue weighted by Gasteiger charge is 2.30. The molecule has 0 N–H and O–H groups in total. The Morgan fingerprint density at radius 3 is 2.65 bits per heavy atom. The average Bonchev–Trinajstić information content (AvgIpc) is 2.62. The summed E-state index contributed by atoms with van der Waals surface area (Å²) in [5.41, 5.74) is 0. The fourth-order valence-corrected chi connectivity index (χ4v) is 1.85. The highest BCUT2D eigenvalue weighted by molar-refractivity contribution is 4.98. The van der Waals surface area contributed by atoms with Crippen LogP contribution in [0.3, 0.4) is 0 Å². The summed E-state index contributed by atoms with van der Waals surface area (Å²) in [5, 5.41) is 0. The van der Waals surface area contributed by atoms with Gasteiger partial charge in [0.05, 0.1) is 6.61 Å². The third-order valence-corrected chi connectivity index (χ3v) is 2.79. The quantitative estimate of drug-likeness (QED) is 0.488. The molecule has 1 rings (SSSR count). The summed E-state index contributed by atoms with van der Waals surface area (Å²) in [4.78, 5) is 0. The summed E-state index contributed by atoms with van der Waals surface area (Å²) in [6, 6.07) is 0. The van der Waals surface area contributed by atoms with Crippen molar-refractivity contribution in [3.63, 3.8) is 0 Å². The van der Waals surface area contributed by atoms with Gasteiger partial charge in [0.15, 0.2) is 5.79 Å². The lowest BCUT2D eigenvalue weighted by atomic mass is 10.2. The van der Waals surface area contributed by atoms with Gasteiger partial charge in [-0.3, -0.25) is 0 Å². The number of unbranched alkanes of at least 4 members (excludes halogenated alkanes) is 3. The number of rotatable bonds is 7. The first kappa shape index (κ1) is 14.5. The largest absolute Gasteiger partial charge is 0.347 e. The molecule has 0 aromatic carbocycles. The molecule has 0 unspecified atom stereocenters. The van der Waals surface area contributed by atoms with Crippen molar-refractivity contribution in [3.05, 3.63) is 24.3 Å². The molecule has 1 atom stereocenters. The zero-order valence-electron chi connectivity index (χ0n) is 11.4. The minimum Gasteiger partial charge on any atom is -0.347 e. The molecule has 0 bridgehead atoms. The summed E-state index contributed by atoms with van der Waals surface area (Å²) in [7, 11) is 0. The van der Waals surface area contributed by atoms with Crippen LogP contribution in [0.15, 0.2) is 24.3 Å². The number of allylic oxidation sites excluding steroid dienone is 3. The first-order chi connectivity index (χ1) is 8.14. The van der Waals surface area contributed by atoms with Crippen LogP contribution in [0.2, 0.25) is 0 Å². The van der Waals surface area contributed by atoms with Crippen LogP contribution in [-0.2, 0) is 9.47 Å². The standard InChI is InChI=1S/C15H26O2/c1-4-5-6-7-8-9-10-11-12-14-13-16-15(2,3)17-14/h8-9,11-12,14H,4-7,10,13H2,1-3H3/b9-8-,12-11-/t14-/m1/s1. The zero-order valence-corrected chi connectivity index (χ0v) is 11.4. The number of ether oxygens (including phenoxy) is 2. The van der Waals surface area contributed by atoms with E-state index >= 15 is 0 Å². The molecule has 0 radical (unpaired) electrons. The van der Waals surface area contributed by atoms with E-state index in [0.717, 1.165) is 6.42 Å². The van der Waals surface area contributed by atoms with Gasteiger partial charge in [0.2, 0.25) is 0 Å². The van der Waals surface area contributed by atoms with Gasteiger partial charge >= 0.3 is 0 Å². The van der Waals surface area contributed by atoms with Crippen molar-refractivity contribution in [1.82, 2.24) is 0 Å². The number of hydrogen-bond acceptors (Lipinski definition) is 2. The van der Waals surface area contributed by atoms with Crippen LogP contribution < -0.4 is 0 Å². The molecular formula is C15H26O2. The minimum absolute atomic E-state index is 0.124. The van der Waals surface area contributed by atoms with Crippen molar-refractivity contribution in [1.29, 1.82) is 0 Å². The predicted molar refractivity (Wildman–Crippen MR) is 71.9 cm³/mol. The van der Waals surface area contributed by atoms with Gasteiger partial charge in [-0.25, -0.2) is 0 Å². The van der Waals surface area contributed by atoms with Crippen LogP contribution in [0, 0.1) is 0 Å². The third kappa shape index (κ3) is 6.64. The van der Waals surface area contributed by atoms with Crippen LogP contribution in [-0.4, -0.2) is 18.5 Å². The molecule has 2 nitrogen and oxygen atoms in total. The van der Waals surface area contributed by atoms with Gasteiger partial charge in [0.1, 0.15) is 6.10 Å². The number of hydrogen-bond donors (Lipinski definition) is 0. The van der Waals surface area contributed by atoms with Crippen LogP contribution in [0.1, 0.15) is 52.9 Å². The topological polar surface area (TPSA) is 18.5 Å². The molecule has 1 heterocycles. The van der Waals surface area contributed by atoms with Gasteiger partial charge < -0.3 is 9.47 Å². The summed E-state index contributed by atoms with van der Waals surface area (Å²) in [6.07, 6.45) is 15.0. The van der Waals surface area contributed by atoms with Crippen molar-refractivity contribution in [2.24, 2.45) is 0 Å². The Bertz CT molecular complexity index is 254. The highest BCUT2D eigenvalue weighted by atomic mass is 16.7. The molecule has 1 saturated heterocycles. The zero-order chi connectivity index (χ0) is 12.6. The monoisotopic (exact) mass is 238 g/mol. The van der Waals surface area contributed by atoms with E-state index in [1.165, 1.54) is 25.7 Å². The first-order valence-electron chi connectivity index (χ1n) is 6.77. The van der Waals surface area contributed by atoms with Gasteiger partial charge in [-0.1, -0.05) is 44.1 Å². The Balaban J connectivity index is 2.06. The Morgan fingerprint density at radius 2 is 2.00 bits per heavy atom. The molecule has 0 aromatic rings. The van der Waals surface area contributed by atoms with Gasteiger partial charge in [0, 0.05) is 0 Å². The van der Waals surface area contributed by atoms with Crippen molar-refractivity contribution >= 4 is 0 Å². The molecule has 98 valence electrons. The van der Waals surface area contributed by atoms with Crippen LogP contribution in [0.4, 0.5) is 0 Å². The maximum atomic E-state index is 5.68. The molecule has 0 spiro atoms. The van der Waals surface area contributed by atoms with Gasteiger partial charge in [-0.15, -0.1) is 0 Å². The molecule has 1 aliphatic rings. The van der Waals surface area contributed by atoms with E-state index in [9.17, 15) is 0 Å². The van der Waals surface area contributed by atoms with E-state index < -0.39 is 5.79 Å².